The zero-order valence-corrected chi connectivity index (χ0v) is 15.7. The van der Waals surface area contributed by atoms with Gasteiger partial charge in [0.2, 0.25) is 5.91 Å². The first-order valence-electron chi connectivity index (χ1n) is 9.33. The van der Waals surface area contributed by atoms with Crippen LogP contribution in [0.15, 0.2) is 10.6 Å². The van der Waals surface area contributed by atoms with E-state index in [1.54, 1.807) is 0 Å². The number of rotatable bonds is 7. The molecule has 1 aliphatic heterocycles. The van der Waals surface area contributed by atoms with Crippen molar-refractivity contribution in [1.29, 1.82) is 0 Å². The van der Waals surface area contributed by atoms with E-state index in [1.807, 2.05) is 20.8 Å². The molecule has 5 nitrogen and oxygen atoms in total. The molecule has 5 heteroatoms. The predicted molar refractivity (Wildman–Crippen MR) is 95.8 cm³/mol. The topological polar surface area (TPSA) is 67.2 Å². The molecule has 1 fully saturated rings. The van der Waals surface area contributed by atoms with Crippen molar-refractivity contribution in [2.75, 3.05) is 13.1 Å². The molecule has 0 aliphatic carbocycles. The Morgan fingerprint density at radius 1 is 1.42 bits per heavy atom. The molecule has 2 heterocycles. The van der Waals surface area contributed by atoms with Gasteiger partial charge >= 0.3 is 0 Å². The highest BCUT2D eigenvalue weighted by Crippen LogP contribution is 2.26. The number of unbranched alkanes of at least 4 members (excludes halogenated alkanes) is 1. The van der Waals surface area contributed by atoms with Crippen LogP contribution in [0.4, 0.5) is 0 Å². The summed E-state index contributed by atoms with van der Waals surface area (Å²) >= 11 is 0. The second-order valence-electron chi connectivity index (χ2n) is 8.11. The molecule has 1 saturated heterocycles. The average molecular weight is 335 g/mol. The van der Waals surface area contributed by atoms with E-state index >= 15 is 0 Å². The summed E-state index contributed by atoms with van der Waals surface area (Å²) in [6, 6.07) is 2.09. The molecule has 2 unspecified atom stereocenters. The summed E-state index contributed by atoms with van der Waals surface area (Å²) in [5, 5.41) is 10.8. The zero-order chi connectivity index (χ0) is 17.6. The van der Waals surface area contributed by atoms with Crippen molar-refractivity contribution in [3.8, 4) is 0 Å². The summed E-state index contributed by atoms with van der Waals surface area (Å²) in [5.41, 5.74) is 0.857. The van der Waals surface area contributed by atoms with Gasteiger partial charge in [-0.25, -0.2) is 0 Å². The standard InChI is InChI=1S/C19H33N3O2/c1-5-6-7-17-12-16(22-24-17)10-15-13-20-9-8-14(15)11-18(23)21-19(2,3)4/h12,14-15,20H,5-11,13H2,1-4H3,(H,21,23). The van der Waals surface area contributed by atoms with Gasteiger partial charge in [-0.2, -0.15) is 0 Å². The van der Waals surface area contributed by atoms with Crippen molar-refractivity contribution in [3.05, 3.63) is 17.5 Å². The van der Waals surface area contributed by atoms with Crippen LogP contribution in [-0.4, -0.2) is 29.7 Å². The van der Waals surface area contributed by atoms with Crippen molar-refractivity contribution < 1.29 is 9.32 Å². The Hall–Kier alpha value is -1.36. The minimum Gasteiger partial charge on any atom is -0.361 e. The summed E-state index contributed by atoms with van der Waals surface area (Å²) in [7, 11) is 0. The van der Waals surface area contributed by atoms with Crippen LogP contribution in [0.5, 0.6) is 0 Å². The number of aryl methyl sites for hydroxylation is 1. The van der Waals surface area contributed by atoms with Gasteiger partial charge in [-0.1, -0.05) is 18.5 Å². The maximum Gasteiger partial charge on any atom is 0.220 e. The molecule has 2 atom stereocenters. The lowest BCUT2D eigenvalue weighted by Gasteiger charge is -2.32. The molecule has 136 valence electrons. The summed E-state index contributed by atoms with van der Waals surface area (Å²) < 4.78 is 5.44. The van der Waals surface area contributed by atoms with Gasteiger partial charge in [0.15, 0.2) is 0 Å². The lowest BCUT2D eigenvalue weighted by atomic mass is 9.81. The largest absolute Gasteiger partial charge is 0.361 e. The second kappa shape index (κ2) is 8.65. The minimum absolute atomic E-state index is 0.156. The van der Waals surface area contributed by atoms with Gasteiger partial charge in [-0.15, -0.1) is 0 Å². The number of aromatic nitrogens is 1. The molecule has 0 spiro atoms. The molecule has 0 radical (unpaired) electrons. The molecule has 0 saturated carbocycles. The lowest BCUT2D eigenvalue weighted by molar-refractivity contribution is -0.124. The molecule has 0 bridgehead atoms. The van der Waals surface area contributed by atoms with Gasteiger partial charge in [0.05, 0.1) is 5.69 Å². The van der Waals surface area contributed by atoms with Crippen LogP contribution in [-0.2, 0) is 17.6 Å². The van der Waals surface area contributed by atoms with Crippen LogP contribution in [0.3, 0.4) is 0 Å². The molecule has 2 rings (SSSR count). The second-order valence-corrected chi connectivity index (χ2v) is 8.11. The Bertz CT molecular complexity index is 519. The molecular weight excluding hydrogens is 302 g/mol. The van der Waals surface area contributed by atoms with Gasteiger partial charge in [-0.05, 0) is 65.0 Å². The van der Waals surface area contributed by atoms with Gasteiger partial charge < -0.3 is 15.2 Å². The molecule has 1 aliphatic rings. The van der Waals surface area contributed by atoms with Gasteiger partial charge in [0.1, 0.15) is 5.76 Å². The summed E-state index contributed by atoms with van der Waals surface area (Å²) in [6.07, 6.45) is 5.79. The predicted octanol–water partition coefficient (Wildman–Crippen LogP) is 3.09. The molecule has 0 aromatic carbocycles. The Labute approximate surface area is 145 Å². The van der Waals surface area contributed by atoms with Crippen LogP contribution < -0.4 is 10.6 Å². The van der Waals surface area contributed by atoms with Crippen molar-refractivity contribution in [1.82, 2.24) is 15.8 Å². The lowest BCUT2D eigenvalue weighted by Crippen LogP contribution is -2.44. The normalized spacial score (nSPS) is 21.7. The molecule has 1 amide bonds. The maximum atomic E-state index is 12.3. The smallest absolute Gasteiger partial charge is 0.220 e. The minimum atomic E-state index is -0.167. The highest BCUT2D eigenvalue weighted by atomic mass is 16.5. The number of carbonyl (C=O) groups is 1. The SMILES string of the molecule is CCCCc1cc(CC2CNCCC2CC(=O)NC(C)(C)C)no1. The van der Waals surface area contributed by atoms with Crippen LogP contribution in [0.1, 0.15) is 64.8 Å². The number of hydrogen-bond acceptors (Lipinski definition) is 4. The monoisotopic (exact) mass is 335 g/mol. The number of hydrogen-bond donors (Lipinski definition) is 2. The first-order chi connectivity index (χ1) is 11.4. The van der Waals surface area contributed by atoms with Crippen LogP contribution in [0, 0.1) is 11.8 Å². The van der Waals surface area contributed by atoms with Gasteiger partial charge in [-0.3, -0.25) is 4.79 Å². The number of nitrogens with zero attached hydrogens (tertiary/aromatic N) is 1. The van der Waals surface area contributed by atoms with Crippen LogP contribution >= 0.6 is 0 Å². The van der Waals surface area contributed by atoms with E-state index in [0.717, 1.165) is 56.6 Å². The number of piperidine rings is 1. The fourth-order valence-electron chi connectivity index (χ4n) is 3.38. The molecule has 1 aromatic heterocycles. The number of amides is 1. The van der Waals surface area contributed by atoms with Gasteiger partial charge in [0.25, 0.3) is 0 Å². The van der Waals surface area contributed by atoms with Crippen molar-refractivity contribution >= 4 is 5.91 Å². The highest BCUT2D eigenvalue weighted by Gasteiger charge is 2.29. The third-order valence-corrected chi connectivity index (χ3v) is 4.58. The van der Waals surface area contributed by atoms with E-state index in [9.17, 15) is 4.79 Å². The fourth-order valence-corrected chi connectivity index (χ4v) is 3.38. The van der Waals surface area contributed by atoms with E-state index in [2.05, 4.69) is 28.8 Å². The highest BCUT2D eigenvalue weighted by molar-refractivity contribution is 5.76. The van der Waals surface area contributed by atoms with Crippen molar-refractivity contribution in [3.63, 3.8) is 0 Å². The van der Waals surface area contributed by atoms with E-state index in [4.69, 9.17) is 4.52 Å². The van der Waals surface area contributed by atoms with E-state index in [0.29, 0.717) is 18.3 Å². The summed E-state index contributed by atoms with van der Waals surface area (Å²) in [4.78, 5) is 12.3. The Morgan fingerprint density at radius 2 is 2.21 bits per heavy atom. The van der Waals surface area contributed by atoms with E-state index in [1.165, 1.54) is 0 Å². The van der Waals surface area contributed by atoms with Crippen LogP contribution in [0.25, 0.3) is 0 Å². The fraction of sp³-hybridized carbons (Fsp3) is 0.789. The molecule has 1 aromatic rings. The quantitative estimate of drug-likeness (QED) is 0.803. The Kier molecular flexibility index (Phi) is 6.84. The van der Waals surface area contributed by atoms with Gasteiger partial charge in [0, 0.05) is 24.4 Å². The molecular formula is C19H33N3O2. The number of carbonyl (C=O) groups excluding carboxylic acids is 1. The third kappa shape index (κ3) is 6.27. The van der Waals surface area contributed by atoms with E-state index < -0.39 is 0 Å². The summed E-state index contributed by atoms with van der Waals surface area (Å²) in [5.74, 6) is 1.99. The van der Waals surface area contributed by atoms with Crippen LogP contribution in [0.2, 0.25) is 0 Å². The number of nitrogens with one attached hydrogen (secondary N) is 2. The molecule has 2 N–H and O–H groups in total. The maximum absolute atomic E-state index is 12.3. The molecule has 24 heavy (non-hydrogen) atoms. The Morgan fingerprint density at radius 3 is 2.92 bits per heavy atom. The Balaban J connectivity index is 1.91. The average Bonchev–Trinajstić information content (AvgIpc) is 2.93. The first-order valence-corrected chi connectivity index (χ1v) is 9.33. The summed E-state index contributed by atoms with van der Waals surface area (Å²) in [6.45, 7) is 10.2. The zero-order valence-electron chi connectivity index (χ0n) is 15.7. The third-order valence-electron chi connectivity index (χ3n) is 4.58. The first kappa shape index (κ1) is 19.0. The van der Waals surface area contributed by atoms with Crippen molar-refractivity contribution in [2.45, 2.75) is 71.8 Å². The van der Waals surface area contributed by atoms with E-state index in [-0.39, 0.29) is 11.4 Å². The van der Waals surface area contributed by atoms with Crippen molar-refractivity contribution in [2.24, 2.45) is 11.8 Å².